The molecule has 0 aliphatic carbocycles. The van der Waals surface area contributed by atoms with Gasteiger partial charge in [-0.25, -0.2) is 0 Å². The predicted molar refractivity (Wildman–Crippen MR) is 95.1 cm³/mol. The highest BCUT2D eigenvalue weighted by molar-refractivity contribution is 6.17. The van der Waals surface area contributed by atoms with Gasteiger partial charge in [-0.2, -0.15) is 4.57 Å². The van der Waals surface area contributed by atoms with E-state index in [1.165, 1.54) is 0 Å². The maximum Gasteiger partial charge on any atom is 0.267 e. The Labute approximate surface area is 162 Å². The molecule has 0 amide bonds. The molecule has 3 aromatic rings. The van der Waals surface area contributed by atoms with Crippen molar-refractivity contribution in [2.24, 2.45) is 0 Å². The second-order valence-corrected chi connectivity index (χ2v) is 5.88. The van der Waals surface area contributed by atoms with Crippen LogP contribution in [0.4, 0.5) is 0 Å². The number of hydrogen-bond donors (Lipinski definition) is 0. The third kappa shape index (κ3) is 2.64. The highest BCUT2D eigenvalue weighted by Gasteiger charge is 2.39. The second kappa shape index (κ2) is 6.96. The lowest BCUT2D eigenvalue weighted by Gasteiger charge is -2.09. The molecule has 140 valence electrons. The van der Waals surface area contributed by atoms with Crippen molar-refractivity contribution >= 4 is 16.6 Å². The van der Waals surface area contributed by atoms with Crippen molar-refractivity contribution in [1.82, 2.24) is 0 Å². The maximum absolute atomic E-state index is 13.1. The molecule has 0 fully saturated rings. The molecule has 0 saturated carbocycles. The fraction of sp³-hybridized carbons (Fsp3) is 0.200. The zero-order valence-corrected chi connectivity index (χ0v) is 16.1. The number of nitrogens with zero attached hydrogens (tertiary/aromatic N) is 1. The Morgan fingerprint density at radius 1 is 0.778 bits per heavy atom. The molecular weight excluding hydrogens is 370 g/mol. The molecule has 2 heterocycles. The largest absolute Gasteiger partial charge is 1.00 e. The minimum Gasteiger partial charge on any atom is -1.00 e. The predicted octanol–water partition coefficient (Wildman–Crippen LogP) is -0.301. The summed E-state index contributed by atoms with van der Waals surface area (Å²) in [4.78, 5) is 13.1. The molecule has 1 aliphatic rings. The van der Waals surface area contributed by atoms with E-state index >= 15 is 0 Å². The fourth-order valence-corrected chi connectivity index (χ4v) is 3.41. The highest BCUT2D eigenvalue weighted by Crippen LogP contribution is 2.38. The first-order valence-electron chi connectivity index (χ1n) is 8.04. The summed E-state index contributed by atoms with van der Waals surface area (Å²) in [5.41, 5.74) is 1.91. The highest BCUT2D eigenvalue weighted by atomic mass is 35.5. The van der Waals surface area contributed by atoms with Gasteiger partial charge in [0.05, 0.1) is 39.9 Å². The van der Waals surface area contributed by atoms with Crippen molar-refractivity contribution in [2.75, 3.05) is 28.4 Å². The van der Waals surface area contributed by atoms with Gasteiger partial charge in [0.1, 0.15) is 5.56 Å². The molecule has 6 nitrogen and oxygen atoms in total. The van der Waals surface area contributed by atoms with Gasteiger partial charge in [-0.3, -0.25) is 4.79 Å². The summed E-state index contributed by atoms with van der Waals surface area (Å²) < 4.78 is 23.4. The number of pyridine rings is 1. The van der Waals surface area contributed by atoms with E-state index in [1.54, 1.807) is 34.5 Å². The van der Waals surface area contributed by atoms with Crippen molar-refractivity contribution in [3.05, 3.63) is 47.8 Å². The molecule has 2 aromatic carbocycles. The van der Waals surface area contributed by atoms with Crippen LogP contribution in [0.5, 0.6) is 23.0 Å². The molecule has 1 aromatic heterocycles. The summed E-state index contributed by atoms with van der Waals surface area (Å²) in [5, 5.41) is 1.69. The first kappa shape index (κ1) is 18.8. The number of ketones is 1. The molecule has 1 aliphatic heterocycles. The Hall–Kier alpha value is -2.99. The van der Waals surface area contributed by atoms with Gasteiger partial charge in [0.2, 0.25) is 5.69 Å². The zero-order valence-electron chi connectivity index (χ0n) is 15.3. The number of carbonyl (C=O) groups is 1. The van der Waals surface area contributed by atoms with Gasteiger partial charge >= 0.3 is 0 Å². The number of aromatic nitrogens is 1. The normalized spacial score (nSPS) is 11.5. The molecule has 0 saturated heterocycles. The molecule has 0 unspecified atom stereocenters. The number of ether oxygens (including phenoxy) is 4. The number of hydrogen-bond acceptors (Lipinski definition) is 5. The van der Waals surface area contributed by atoms with E-state index in [-0.39, 0.29) is 18.2 Å². The van der Waals surface area contributed by atoms with Crippen LogP contribution in [0.25, 0.3) is 16.5 Å². The van der Waals surface area contributed by atoms with Crippen molar-refractivity contribution in [2.45, 2.75) is 0 Å². The summed E-state index contributed by atoms with van der Waals surface area (Å²) in [5.74, 6) is 2.23. The van der Waals surface area contributed by atoms with Gasteiger partial charge in [-0.15, -0.1) is 0 Å². The number of methoxy groups -OCH3 is 4. The standard InChI is InChI=1S/C20H18NO5.ClH/c1-23-15-7-11-5-6-21-14-10-18(26-4)17(25-3)9-13(14)20(22)19(21)12(11)8-16(15)24-2;/h5-10H,1-4H3;1H/q+1;/p-1. The lowest BCUT2D eigenvalue weighted by Crippen LogP contribution is -3.00. The molecular formula is C20H18ClNO5. The van der Waals surface area contributed by atoms with Crippen molar-refractivity contribution in [3.8, 4) is 28.7 Å². The molecule has 4 rings (SSSR count). The van der Waals surface area contributed by atoms with E-state index in [2.05, 4.69) is 0 Å². The lowest BCUT2D eigenvalue weighted by atomic mass is 10.0. The van der Waals surface area contributed by atoms with Gasteiger partial charge in [-0.05, 0) is 17.5 Å². The van der Waals surface area contributed by atoms with Crippen LogP contribution < -0.4 is 35.9 Å². The number of halogens is 1. The molecule has 0 bridgehead atoms. The quantitative estimate of drug-likeness (QED) is 0.450. The van der Waals surface area contributed by atoms with Crippen molar-refractivity contribution in [3.63, 3.8) is 0 Å². The summed E-state index contributed by atoms with van der Waals surface area (Å²) in [6.07, 6.45) is 1.87. The van der Waals surface area contributed by atoms with E-state index in [0.29, 0.717) is 34.3 Å². The zero-order chi connectivity index (χ0) is 18.4. The molecule has 0 N–H and O–H groups in total. The maximum atomic E-state index is 13.1. The molecule has 7 heteroatoms. The topological polar surface area (TPSA) is 57.9 Å². The Morgan fingerprint density at radius 2 is 1.33 bits per heavy atom. The average molecular weight is 388 g/mol. The van der Waals surface area contributed by atoms with Crippen LogP contribution in [0.15, 0.2) is 36.5 Å². The van der Waals surface area contributed by atoms with E-state index < -0.39 is 0 Å². The fourth-order valence-electron chi connectivity index (χ4n) is 3.41. The monoisotopic (exact) mass is 387 g/mol. The minimum absolute atomic E-state index is 0. The second-order valence-electron chi connectivity index (χ2n) is 5.88. The van der Waals surface area contributed by atoms with Gasteiger partial charge in [0.25, 0.3) is 11.5 Å². The number of rotatable bonds is 4. The van der Waals surface area contributed by atoms with Crippen LogP contribution in [0.3, 0.4) is 0 Å². The SMILES string of the molecule is COc1cc2c(cc1OC)-[n+]1ccc3cc(OC)c(OC)cc3c1C2=O.[Cl-]. The third-order valence-electron chi connectivity index (χ3n) is 4.68. The van der Waals surface area contributed by atoms with Gasteiger partial charge in [0, 0.05) is 12.1 Å². The molecule has 27 heavy (non-hydrogen) atoms. The molecule has 0 spiro atoms. The van der Waals surface area contributed by atoms with Crippen LogP contribution in [-0.2, 0) is 0 Å². The first-order valence-corrected chi connectivity index (χ1v) is 8.04. The van der Waals surface area contributed by atoms with Crippen molar-refractivity contribution in [1.29, 1.82) is 0 Å². The minimum atomic E-state index is -0.0706. The van der Waals surface area contributed by atoms with Crippen LogP contribution in [-0.4, -0.2) is 34.2 Å². The first-order chi connectivity index (χ1) is 12.6. The summed E-state index contributed by atoms with van der Waals surface area (Å²) in [7, 11) is 6.29. The smallest absolute Gasteiger partial charge is 0.267 e. The summed E-state index contributed by atoms with van der Waals surface area (Å²) in [6.45, 7) is 0. The van der Waals surface area contributed by atoms with E-state index in [9.17, 15) is 4.79 Å². The Balaban J connectivity index is 0.00000210. The average Bonchev–Trinajstić information content (AvgIpc) is 2.97. The Morgan fingerprint density at radius 3 is 1.96 bits per heavy atom. The van der Waals surface area contributed by atoms with E-state index in [0.717, 1.165) is 16.5 Å². The Bertz CT molecular complexity index is 1060. The van der Waals surface area contributed by atoms with E-state index in [1.807, 2.05) is 35.0 Å². The summed E-state index contributed by atoms with van der Waals surface area (Å²) >= 11 is 0. The van der Waals surface area contributed by atoms with Crippen LogP contribution in [0.2, 0.25) is 0 Å². The summed E-state index contributed by atoms with van der Waals surface area (Å²) in [6, 6.07) is 9.18. The van der Waals surface area contributed by atoms with Crippen LogP contribution in [0, 0.1) is 0 Å². The van der Waals surface area contributed by atoms with Crippen LogP contribution in [0.1, 0.15) is 16.1 Å². The Kier molecular flexibility index (Phi) is 4.85. The third-order valence-corrected chi connectivity index (χ3v) is 4.68. The molecule has 0 atom stereocenters. The molecule has 0 radical (unpaired) electrons. The number of carbonyl (C=O) groups excluding carboxylic acids is 1. The number of benzene rings is 2. The number of fused-ring (bicyclic) bond motifs is 5. The van der Waals surface area contributed by atoms with E-state index in [4.69, 9.17) is 18.9 Å². The van der Waals surface area contributed by atoms with Gasteiger partial charge in [-0.1, -0.05) is 0 Å². The van der Waals surface area contributed by atoms with Gasteiger partial charge < -0.3 is 31.4 Å². The lowest BCUT2D eigenvalue weighted by molar-refractivity contribution is -0.592. The van der Waals surface area contributed by atoms with Crippen LogP contribution >= 0.6 is 0 Å². The van der Waals surface area contributed by atoms with Crippen molar-refractivity contribution < 1.29 is 40.7 Å². The van der Waals surface area contributed by atoms with Gasteiger partial charge in [0.15, 0.2) is 29.2 Å².